The molecule has 0 aliphatic rings. The summed E-state index contributed by atoms with van der Waals surface area (Å²) in [7, 11) is 1.33. The number of nitrogens with zero attached hydrogens (tertiary/aromatic N) is 1. The third kappa shape index (κ3) is 5.81. The molecule has 0 saturated heterocycles. The minimum Gasteiger partial charge on any atom is -0.503 e. The Labute approximate surface area is 201 Å². The van der Waals surface area contributed by atoms with E-state index in [4.69, 9.17) is 9.47 Å². The maximum Gasteiger partial charge on any atom is 0.336 e. The number of aromatic hydroxyl groups is 1. The molecule has 3 rings (SSSR count). The van der Waals surface area contributed by atoms with E-state index in [2.05, 4.69) is 10.3 Å². The number of benzene rings is 2. The number of allylic oxidation sites excluding steroid dienone is 1. The van der Waals surface area contributed by atoms with E-state index in [1.807, 2.05) is 0 Å². The first kappa shape index (κ1) is 25.4. The summed E-state index contributed by atoms with van der Waals surface area (Å²) >= 11 is 0. The summed E-state index contributed by atoms with van der Waals surface area (Å²) < 4.78 is 37.5. The zero-order valence-electron chi connectivity index (χ0n) is 19.6. The maximum atomic E-state index is 13.5. The van der Waals surface area contributed by atoms with Gasteiger partial charge in [0.2, 0.25) is 0 Å². The van der Waals surface area contributed by atoms with Crippen molar-refractivity contribution in [2.45, 2.75) is 26.3 Å². The minimum atomic E-state index is -1.54. The third-order valence-electron chi connectivity index (χ3n) is 5.12. The molecule has 0 radical (unpaired) electrons. The number of halogens is 2. The van der Waals surface area contributed by atoms with Crippen LogP contribution in [0.15, 0.2) is 66.6 Å². The highest BCUT2D eigenvalue weighted by molar-refractivity contribution is 5.99. The zero-order chi connectivity index (χ0) is 25.8. The second-order valence-electron chi connectivity index (χ2n) is 8.12. The van der Waals surface area contributed by atoms with Gasteiger partial charge in [-0.15, -0.1) is 0 Å². The molecule has 0 unspecified atom stereocenters. The van der Waals surface area contributed by atoms with Crippen LogP contribution in [0.5, 0.6) is 11.5 Å². The molecule has 0 spiro atoms. The van der Waals surface area contributed by atoms with Crippen molar-refractivity contribution in [2.24, 2.45) is 0 Å². The monoisotopic (exact) mass is 482 g/mol. The molecule has 0 aliphatic carbocycles. The lowest BCUT2D eigenvalue weighted by molar-refractivity contribution is -0.145. The van der Waals surface area contributed by atoms with Crippen molar-refractivity contribution in [1.82, 2.24) is 10.3 Å². The summed E-state index contributed by atoms with van der Waals surface area (Å²) in [6, 6.07) is 12.4. The average molecular weight is 482 g/mol. The molecule has 7 nitrogen and oxygen atoms in total. The van der Waals surface area contributed by atoms with Crippen LogP contribution in [0.3, 0.4) is 0 Å². The van der Waals surface area contributed by atoms with E-state index in [1.54, 1.807) is 0 Å². The van der Waals surface area contributed by atoms with E-state index in [-0.39, 0.29) is 17.2 Å². The predicted molar refractivity (Wildman–Crippen MR) is 125 cm³/mol. The Morgan fingerprint density at radius 2 is 1.46 bits per heavy atom. The Balaban J connectivity index is 1.90. The van der Waals surface area contributed by atoms with Crippen LogP contribution >= 0.6 is 0 Å². The fraction of sp³-hybridized carbons (Fsp3) is 0.192. The van der Waals surface area contributed by atoms with Gasteiger partial charge in [-0.2, -0.15) is 0 Å². The number of pyridine rings is 1. The summed E-state index contributed by atoms with van der Waals surface area (Å²) in [4.78, 5) is 29.6. The first-order chi connectivity index (χ1) is 16.5. The molecule has 1 amide bonds. The molecule has 0 bridgehead atoms. The van der Waals surface area contributed by atoms with E-state index in [9.17, 15) is 23.5 Å². The number of rotatable bonds is 7. The molecular formula is C26H24F2N2O5. The lowest BCUT2D eigenvalue weighted by Crippen LogP contribution is -2.50. The predicted octanol–water partition coefficient (Wildman–Crippen LogP) is 4.61. The van der Waals surface area contributed by atoms with Crippen LogP contribution in [0.1, 0.15) is 42.4 Å². The quantitative estimate of drug-likeness (QED) is 0.377. The number of ether oxygens (including phenoxy) is 2. The highest BCUT2D eigenvalue weighted by Crippen LogP contribution is 2.30. The van der Waals surface area contributed by atoms with Crippen LogP contribution in [0, 0.1) is 11.6 Å². The van der Waals surface area contributed by atoms with Gasteiger partial charge < -0.3 is 19.9 Å². The van der Waals surface area contributed by atoms with Crippen molar-refractivity contribution in [3.63, 3.8) is 0 Å². The molecule has 0 aliphatic heterocycles. The lowest BCUT2D eigenvalue weighted by atomic mass is 9.96. The molecule has 0 atom stereocenters. The number of methoxy groups -OCH3 is 1. The number of amides is 1. The van der Waals surface area contributed by atoms with Crippen LogP contribution in [-0.4, -0.2) is 34.6 Å². The summed E-state index contributed by atoms with van der Waals surface area (Å²) in [5, 5.41) is 12.7. The van der Waals surface area contributed by atoms with Gasteiger partial charge in [0.05, 0.1) is 7.11 Å². The molecule has 2 N–H and O–H groups in total. The Hall–Kier alpha value is -4.27. The van der Waals surface area contributed by atoms with Gasteiger partial charge in [0.15, 0.2) is 17.2 Å². The molecule has 2 aromatic carbocycles. The number of hydrogen-bond donors (Lipinski definition) is 2. The number of esters is 1. The van der Waals surface area contributed by atoms with E-state index in [0.717, 1.165) is 0 Å². The van der Waals surface area contributed by atoms with E-state index in [1.165, 1.54) is 88.7 Å². The molecule has 182 valence electrons. The largest absolute Gasteiger partial charge is 0.503 e. The number of nitrogens with one attached hydrogen (secondary N) is 1. The van der Waals surface area contributed by atoms with Crippen molar-refractivity contribution >= 4 is 17.4 Å². The van der Waals surface area contributed by atoms with Crippen molar-refractivity contribution in [3.8, 4) is 11.5 Å². The van der Waals surface area contributed by atoms with Gasteiger partial charge in [-0.05, 0) is 56.2 Å². The van der Waals surface area contributed by atoms with Crippen molar-refractivity contribution in [3.05, 3.63) is 95.0 Å². The molecule has 9 heteroatoms. The van der Waals surface area contributed by atoms with Gasteiger partial charge in [0.1, 0.15) is 22.9 Å². The van der Waals surface area contributed by atoms with Gasteiger partial charge in [-0.1, -0.05) is 24.3 Å². The summed E-state index contributed by atoms with van der Waals surface area (Å²) in [5.41, 5.74) is -0.346. The average Bonchev–Trinajstić information content (AvgIpc) is 2.81. The van der Waals surface area contributed by atoms with Crippen LogP contribution < -0.4 is 10.1 Å². The molecule has 35 heavy (non-hydrogen) atoms. The van der Waals surface area contributed by atoms with Crippen LogP contribution in [0.4, 0.5) is 8.78 Å². The highest BCUT2D eigenvalue weighted by Gasteiger charge is 2.34. The van der Waals surface area contributed by atoms with Crippen LogP contribution in [0.25, 0.3) is 5.57 Å². The summed E-state index contributed by atoms with van der Waals surface area (Å²) in [6.07, 6.45) is 1.28. The number of carbonyl (C=O) groups is 2. The fourth-order valence-corrected chi connectivity index (χ4v) is 3.29. The fourth-order valence-electron chi connectivity index (χ4n) is 3.29. The smallest absolute Gasteiger partial charge is 0.336 e. The van der Waals surface area contributed by atoms with Gasteiger partial charge in [0.25, 0.3) is 5.91 Å². The number of aromatic nitrogens is 1. The summed E-state index contributed by atoms with van der Waals surface area (Å²) in [6.45, 7) is 4.38. The van der Waals surface area contributed by atoms with E-state index < -0.39 is 34.8 Å². The maximum absolute atomic E-state index is 13.5. The number of carbonyl (C=O) groups excluding carboxylic acids is 2. The van der Waals surface area contributed by atoms with Gasteiger partial charge in [-0.25, -0.2) is 18.6 Å². The van der Waals surface area contributed by atoms with Gasteiger partial charge >= 0.3 is 5.97 Å². The molecule has 1 aromatic heterocycles. The molecular weight excluding hydrogens is 458 g/mol. The van der Waals surface area contributed by atoms with E-state index >= 15 is 0 Å². The van der Waals surface area contributed by atoms with Crippen molar-refractivity contribution < 1.29 is 33.0 Å². The summed E-state index contributed by atoms with van der Waals surface area (Å²) in [5.74, 6) is -2.79. The SMILES string of the molecule is COc1ccnc(C(=O)NC(C)(C)C(=O)OC(C)=C(c2ccc(F)cc2)c2ccc(F)cc2)c1O. The second-order valence-corrected chi connectivity index (χ2v) is 8.12. The van der Waals surface area contributed by atoms with E-state index in [0.29, 0.717) is 16.7 Å². The van der Waals surface area contributed by atoms with Crippen LogP contribution in [0.2, 0.25) is 0 Å². The normalized spacial score (nSPS) is 10.9. The Kier molecular flexibility index (Phi) is 7.49. The third-order valence-corrected chi connectivity index (χ3v) is 5.12. The van der Waals surface area contributed by atoms with Gasteiger partial charge in [-0.3, -0.25) is 4.79 Å². The van der Waals surface area contributed by atoms with Crippen molar-refractivity contribution in [2.75, 3.05) is 7.11 Å². The second kappa shape index (κ2) is 10.3. The first-order valence-electron chi connectivity index (χ1n) is 10.5. The Bertz CT molecular complexity index is 1220. The molecule has 0 fully saturated rings. The Morgan fingerprint density at radius 3 is 1.94 bits per heavy atom. The van der Waals surface area contributed by atoms with Crippen LogP contribution in [-0.2, 0) is 9.53 Å². The molecule has 3 aromatic rings. The number of hydrogen-bond acceptors (Lipinski definition) is 6. The first-order valence-corrected chi connectivity index (χ1v) is 10.5. The highest BCUT2D eigenvalue weighted by atomic mass is 19.1. The minimum absolute atomic E-state index is 0.0487. The molecule has 0 saturated carbocycles. The standard InChI is InChI=1S/C26H24F2N2O5/c1-15(21(16-5-9-18(27)10-6-16)17-7-11-19(28)12-8-17)35-25(33)26(2,3)30-24(32)22-23(31)20(34-4)13-14-29-22/h5-14,31H,1-4H3,(H,30,32). The molecule has 1 heterocycles. The lowest BCUT2D eigenvalue weighted by Gasteiger charge is -2.25. The zero-order valence-corrected chi connectivity index (χ0v) is 19.6. The Morgan fingerprint density at radius 1 is 0.943 bits per heavy atom. The van der Waals surface area contributed by atoms with Gasteiger partial charge in [0, 0.05) is 17.8 Å². The van der Waals surface area contributed by atoms with Crippen molar-refractivity contribution in [1.29, 1.82) is 0 Å². The topological polar surface area (TPSA) is 97.8 Å².